The highest BCUT2D eigenvalue weighted by atomic mass is 32.1. The Morgan fingerprint density at radius 2 is 1.95 bits per heavy atom. The van der Waals surface area contributed by atoms with Gasteiger partial charge in [0.15, 0.2) is 5.82 Å². The summed E-state index contributed by atoms with van der Waals surface area (Å²) in [5.74, 6) is 0.831. The lowest BCUT2D eigenvalue weighted by atomic mass is 9.87. The predicted octanol–water partition coefficient (Wildman–Crippen LogP) is 3.68. The highest BCUT2D eigenvalue weighted by Crippen LogP contribution is 2.21. The lowest BCUT2D eigenvalue weighted by molar-refractivity contribution is 0.590. The van der Waals surface area contributed by atoms with E-state index in [9.17, 15) is 0 Å². The molecule has 0 atom stereocenters. The number of rotatable bonds is 3. The van der Waals surface area contributed by atoms with E-state index in [1.807, 2.05) is 6.92 Å². The molecule has 0 aliphatic heterocycles. The maximum atomic E-state index is 5.16. The smallest absolute Gasteiger partial charge is 0.216 e. The molecule has 4 nitrogen and oxygen atoms in total. The van der Waals surface area contributed by atoms with Crippen LogP contribution >= 0.6 is 12.2 Å². The summed E-state index contributed by atoms with van der Waals surface area (Å²) in [5.41, 5.74) is 2.52. The first kappa shape index (κ1) is 14.7. The first-order chi connectivity index (χ1) is 9.41. The molecule has 5 heteroatoms. The van der Waals surface area contributed by atoms with Crippen molar-refractivity contribution in [2.24, 2.45) is 5.10 Å². The van der Waals surface area contributed by atoms with E-state index in [1.165, 1.54) is 5.56 Å². The first-order valence-corrected chi connectivity index (χ1v) is 7.14. The predicted molar refractivity (Wildman–Crippen MR) is 84.9 cm³/mol. The molecule has 0 unspecified atom stereocenters. The molecule has 0 saturated carbocycles. The van der Waals surface area contributed by atoms with E-state index in [0.717, 1.165) is 17.8 Å². The van der Waals surface area contributed by atoms with Crippen LogP contribution in [-0.4, -0.2) is 21.1 Å². The van der Waals surface area contributed by atoms with Crippen LogP contribution in [0.3, 0.4) is 0 Å². The van der Waals surface area contributed by atoms with Gasteiger partial charge in [0, 0.05) is 6.42 Å². The van der Waals surface area contributed by atoms with E-state index in [4.69, 9.17) is 12.2 Å². The summed E-state index contributed by atoms with van der Waals surface area (Å²) < 4.78 is 2.18. The van der Waals surface area contributed by atoms with E-state index >= 15 is 0 Å². The largest absolute Gasteiger partial charge is 0.250 e. The third-order valence-corrected chi connectivity index (χ3v) is 3.40. The highest BCUT2D eigenvalue weighted by Gasteiger charge is 2.12. The number of aromatic nitrogens is 3. The van der Waals surface area contributed by atoms with Gasteiger partial charge in [-0.15, -0.1) is 0 Å². The number of nitrogens with one attached hydrogen (secondary N) is 1. The Labute approximate surface area is 124 Å². The van der Waals surface area contributed by atoms with Crippen molar-refractivity contribution in [3.8, 4) is 0 Å². The van der Waals surface area contributed by atoms with Crippen molar-refractivity contribution in [3.05, 3.63) is 46.0 Å². The molecule has 106 valence electrons. The molecular weight excluding hydrogens is 268 g/mol. The van der Waals surface area contributed by atoms with E-state index in [2.05, 4.69) is 60.3 Å². The summed E-state index contributed by atoms with van der Waals surface area (Å²) in [6, 6.07) is 8.41. The van der Waals surface area contributed by atoms with Crippen molar-refractivity contribution < 1.29 is 0 Å². The van der Waals surface area contributed by atoms with Gasteiger partial charge in [0.1, 0.15) is 0 Å². The number of hydrogen-bond donors (Lipinski definition) is 1. The molecule has 1 aromatic carbocycles. The van der Waals surface area contributed by atoms with Crippen LogP contribution in [0.5, 0.6) is 0 Å². The van der Waals surface area contributed by atoms with E-state index in [0.29, 0.717) is 4.77 Å². The van der Waals surface area contributed by atoms with Crippen LogP contribution in [0.2, 0.25) is 0 Å². The fourth-order valence-electron chi connectivity index (χ4n) is 1.87. The molecule has 0 saturated heterocycles. The average Bonchev–Trinajstić information content (AvgIpc) is 2.76. The molecule has 2 aromatic rings. The molecule has 1 aromatic heterocycles. The minimum atomic E-state index is 0.165. The molecular formula is C15H20N4S. The molecule has 2 rings (SSSR count). The average molecular weight is 288 g/mol. The Kier molecular flexibility index (Phi) is 4.18. The topological polar surface area (TPSA) is 46.0 Å². The quantitative estimate of drug-likeness (QED) is 0.691. The van der Waals surface area contributed by atoms with Crippen molar-refractivity contribution in [1.82, 2.24) is 14.9 Å². The summed E-state index contributed by atoms with van der Waals surface area (Å²) in [4.78, 5) is 0. The fraction of sp³-hybridized carbons (Fsp3) is 0.400. The zero-order valence-corrected chi connectivity index (χ0v) is 13.2. The number of aromatic amines is 1. The second kappa shape index (κ2) is 5.71. The number of aryl methyl sites for hydroxylation is 1. The zero-order chi connectivity index (χ0) is 14.8. The van der Waals surface area contributed by atoms with Gasteiger partial charge in [-0.05, 0) is 28.8 Å². The van der Waals surface area contributed by atoms with Gasteiger partial charge in [0.2, 0.25) is 4.77 Å². The van der Waals surface area contributed by atoms with Crippen molar-refractivity contribution in [2.45, 2.75) is 39.5 Å². The number of nitrogens with zero attached hydrogens (tertiary/aromatic N) is 3. The normalized spacial score (nSPS) is 12.2. The summed E-state index contributed by atoms with van der Waals surface area (Å²) >= 11 is 5.16. The summed E-state index contributed by atoms with van der Waals surface area (Å²) in [6.07, 6.45) is 2.59. The highest BCUT2D eigenvalue weighted by molar-refractivity contribution is 7.71. The van der Waals surface area contributed by atoms with Crippen LogP contribution in [0.25, 0.3) is 0 Å². The van der Waals surface area contributed by atoms with Gasteiger partial charge in [-0.2, -0.15) is 14.9 Å². The SMILES string of the molecule is CCc1n[nH]c(=S)n1N=Cc1ccc(C(C)(C)C)cc1. The molecule has 0 bridgehead atoms. The summed E-state index contributed by atoms with van der Waals surface area (Å²) in [5, 5.41) is 11.3. The van der Waals surface area contributed by atoms with Crippen molar-refractivity contribution in [2.75, 3.05) is 0 Å². The van der Waals surface area contributed by atoms with Crippen LogP contribution < -0.4 is 0 Å². The second-order valence-corrected chi connectivity index (χ2v) is 6.11. The fourth-order valence-corrected chi connectivity index (χ4v) is 2.06. The van der Waals surface area contributed by atoms with Crippen LogP contribution in [0.15, 0.2) is 29.4 Å². The van der Waals surface area contributed by atoms with Gasteiger partial charge >= 0.3 is 0 Å². The minimum absolute atomic E-state index is 0.165. The van der Waals surface area contributed by atoms with Gasteiger partial charge in [-0.25, -0.2) is 0 Å². The standard InChI is InChI=1S/C15H20N4S/c1-5-13-17-18-14(20)19(13)16-10-11-6-8-12(9-7-11)15(2,3)4/h6-10H,5H2,1-4H3,(H,18,20). The van der Waals surface area contributed by atoms with Crippen LogP contribution in [0.1, 0.15) is 44.6 Å². The Hall–Kier alpha value is -1.75. The van der Waals surface area contributed by atoms with Crippen LogP contribution in [0, 0.1) is 4.77 Å². The summed E-state index contributed by atoms with van der Waals surface area (Å²) in [6.45, 7) is 8.63. The zero-order valence-electron chi connectivity index (χ0n) is 12.3. The van der Waals surface area contributed by atoms with Crippen molar-refractivity contribution in [1.29, 1.82) is 0 Å². The van der Waals surface area contributed by atoms with Gasteiger partial charge in [-0.1, -0.05) is 52.0 Å². The number of benzene rings is 1. The maximum absolute atomic E-state index is 5.16. The Bertz CT molecular complexity index is 656. The molecule has 0 spiro atoms. The van der Waals surface area contributed by atoms with Crippen LogP contribution in [0.4, 0.5) is 0 Å². The molecule has 1 N–H and O–H groups in total. The lowest BCUT2D eigenvalue weighted by Gasteiger charge is -2.18. The monoisotopic (exact) mass is 288 g/mol. The lowest BCUT2D eigenvalue weighted by Crippen LogP contribution is -2.10. The molecule has 20 heavy (non-hydrogen) atoms. The van der Waals surface area contributed by atoms with Gasteiger partial charge in [0.05, 0.1) is 6.21 Å². The number of hydrogen-bond acceptors (Lipinski definition) is 3. The second-order valence-electron chi connectivity index (χ2n) is 5.73. The van der Waals surface area contributed by atoms with E-state index in [1.54, 1.807) is 10.9 Å². The Balaban J connectivity index is 2.24. The van der Waals surface area contributed by atoms with E-state index in [-0.39, 0.29) is 5.41 Å². The van der Waals surface area contributed by atoms with E-state index < -0.39 is 0 Å². The van der Waals surface area contributed by atoms with Gasteiger partial charge in [-0.3, -0.25) is 5.10 Å². The van der Waals surface area contributed by atoms with Crippen LogP contribution in [-0.2, 0) is 11.8 Å². The minimum Gasteiger partial charge on any atom is -0.250 e. The molecule has 0 fully saturated rings. The molecule has 0 amide bonds. The third kappa shape index (κ3) is 3.22. The molecule has 0 radical (unpaired) electrons. The maximum Gasteiger partial charge on any atom is 0.216 e. The summed E-state index contributed by atoms with van der Waals surface area (Å²) in [7, 11) is 0. The van der Waals surface area contributed by atoms with Gasteiger partial charge in [0.25, 0.3) is 0 Å². The van der Waals surface area contributed by atoms with Crippen molar-refractivity contribution in [3.63, 3.8) is 0 Å². The molecule has 1 heterocycles. The number of H-pyrrole nitrogens is 1. The third-order valence-electron chi connectivity index (χ3n) is 3.13. The Morgan fingerprint density at radius 3 is 2.50 bits per heavy atom. The first-order valence-electron chi connectivity index (χ1n) is 6.73. The molecule has 0 aliphatic carbocycles. The van der Waals surface area contributed by atoms with Gasteiger partial charge < -0.3 is 0 Å². The van der Waals surface area contributed by atoms with Crippen molar-refractivity contribution >= 4 is 18.4 Å². The molecule has 0 aliphatic rings. The Morgan fingerprint density at radius 1 is 1.30 bits per heavy atom.